The first-order valence-electron chi connectivity index (χ1n) is 1.96. The molecule has 0 fully saturated rings. The Hall–Kier alpha value is 0.396. The summed E-state index contributed by atoms with van der Waals surface area (Å²) in [4.78, 5) is 3.90. The van der Waals surface area contributed by atoms with Crippen molar-refractivity contribution in [3.05, 3.63) is 29.0 Å². The third-order valence-electron chi connectivity index (χ3n) is 0.629. The molecule has 0 N–H and O–H groups in total. The Morgan fingerprint density at radius 2 is 2.12 bits per heavy atom. The topological polar surface area (TPSA) is 12.9 Å². The van der Waals surface area contributed by atoms with Crippen molar-refractivity contribution in [2.75, 3.05) is 0 Å². The minimum Gasteiger partial charge on any atom is -0.249 e. The lowest BCUT2D eigenvalue weighted by molar-refractivity contribution is 1.28. The van der Waals surface area contributed by atoms with Crippen LogP contribution < -0.4 is 0 Å². The van der Waals surface area contributed by atoms with Crippen LogP contribution in [0.2, 0.25) is 0 Å². The largest absolute Gasteiger partial charge is 0.316 e. The van der Waals surface area contributed by atoms with Crippen molar-refractivity contribution in [1.29, 1.82) is 0 Å². The van der Waals surface area contributed by atoms with Gasteiger partial charge in [-0.15, -0.1) is 0 Å². The number of pyridine rings is 1. The van der Waals surface area contributed by atoms with Crippen LogP contribution in [0, 0.1) is 0 Å². The molecule has 0 unspecified atom stereocenters. The zero-order chi connectivity index (χ0) is 5.11. The highest BCUT2D eigenvalue weighted by molar-refractivity contribution is 9.10. The molecule has 1 nitrogen and oxygen atoms in total. The van der Waals surface area contributed by atoms with Crippen LogP contribution in [0.15, 0.2) is 29.0 Å². The lowest BCUT2D eigenvalue weighted by atomic mass is 10.5. The minimum absolute atomic E-state index is 0. The predicted molar refractivity (Wildman–Crippen MR) is 40.5 cm³/mol. The summed E-state index contributed by atoms with van der Waals surface area (Å²) in [5, 5.41) is 0. The van der Waals surface area contributed by atoms with Crippen molar-refractivity contribution < 1.29 is 0 Å². The van der Waals surface area contributed by atoms with Gasteiger partial charge in [-0.3, -0.25) is 0 Å². The summed E-state index contributed by atoms with van der Waals surface area (Å²) in [6, 6.07) is 5.70. The monoisotopic (exact) mass is 183 g/mol. The third-order valence-corrected chi connectivity index (χ3v) is 1.10. The molecule has 0 bridgehead atoms. The molecule has 0 aliphatic heterocycles. The van der Waals surface area contributed by atoms with E-state index in [4.69, 9.17) is 0 Å². The molecule has 0 aliphatic rings. The van der Waals surface area contributed by atoms with Crippen LogP contribution in [0.3, 0.4) is 0 Å². The molecule has 1 heterocycles. The zero-order valence-corrected chi connectivity index (χ0v) is 5.22. The normalized spacial score (nSPS) is 7.62. The molecule has 0 aromatic carbocycles. The minimum atomic E-state index is 0. The van der Waals surface area contributed by atoms with Crippen LogP contribution in [0.1, 0.15) is 0 Å². The fourth-order valence-electron chi connectivity index (χ4n) is 0.342. The van der Waals surface area contributed by atoms with Crippen molar-refractivity contribution in [2.24, 2.45) is 0 Å². The SMILES string of the molecule is Brc1ccccn1.[MgH2]. The van der Waals surface area contributed by atoms with Gasteiger partial charge in [0.15, 0.2) is 0 Å². The number of hydrogen-bond donors (Lipinski definition) is 0. The Morgan fingerprint density at radius 1 is 1.38 bits per heavy atom. The first-order valence-corrected chi connectivity index (χ1v) is 2.75. The van der Waals surface area contributed by atoms with Gasteiger partial charge in [0.05, 0.1) is 0 Å². The van der Waals surface area contributed by atoms with E-state index in [1.807, 2.05) is 18.2 Å². The average molecular weight is 184 g/mol. The second-order valence-electron chi connectivity index (χ2n) is 1.15. The summed E-state index contributed by atoms with van der Waals surface area (Å²) < 4.78 is 0.884. The maximum Gasteiger partial charge on any atom is 0.316 e. The summed E-state index contributed by atoms with van der Waals surface area (Å²) in [7, 11) is 0. The van der Waals surface area contributed by atoms with Crippen LogP contribution in [0.5, 0.6) is 0 Å². The van der Waals surface area contributed by atoms with Gasteiger partial charge in [-0.05, 0) is 28.1 Å². The van der Waals surface area contributed by atoms with Crippen LogP contribution in [-0.4, -0.2) is 28.0 Å². The van der Waals surface area contributed by atoms with Gasteiger partial charge in [0.1, 0.15) is 4.60 Å². The fraction of sp³-hybridized carbons (Fsp3) is 0. The van der Waals surface area contributed by atoms with Crippen LogP contribution in [0.25, 0.3) is 0 Å². The Morgan fingerprint density at radius 3 is 2.38 bits per heavy atom. The van der Waals surface area contributed by atoms with Gasteiger partial charge in [-0.1, -0.05) is 6.07 Å². The zero-order valence-electron chi connectivity index (χ0n) is 3.63. The van der Waals surface area contributed by atoms with E-state index < -0.39 is 0 Å². The molecule has 0 radical (unpaired) electrons. The Balaban J connectivity index is 0.000000490. The van der Waals surface area contributed by atoms with Crippen molar-refractivity contribution in [3.63, 3.8) is 0 Å². The molecule has 0 spiro atoms. The van der Waals surface area contributed by atoms with Crippen molar-refractivity contribution in [2.45, 2.75) is 0 Å². The maximum absolute atomic E-state index is 3.90. The van der Waals surface area contributed by atoms with Crippen LogP contribution in [-0.2, 0) is 0 Å². The number of rotatable bonds is 0. The van der Waals surface area contributed by atoms with E-state index in [-0.39, 0.29) is 23.1 Å². The second kappa shape index (κ2) is 4.29. The molecule has 8 heavy (non-hydrogen) atoms. The van der Waals surface area contributed by atoms with Crippen LogP contribution in [0.4, 0.5) is 0 Å². The van der Waals surface area contributed by atoms with Gasteiger partial charge in [-0.25, -0.2) is 4.98 Å². The highest BCUT2D eigenvalue weighted by Crippen LogP contribution is 2.00. The van der Waals surface area contributed by atoms with Gasteiger partial charge in [0.25, 0.3) is 0 Å². The molecule has 0 saturated heterocycles. The van der Waals surface area contributed by atoms with Gasteiger partial charge in [-0.2, -0.15) is 0 Å². The van der Waals surface area contributed by atoms with E-state index in [1.54, 1.807) is 6.20 Å². The molecule has 0 atom stereocenters. The molecule has 0 amide bonds. The van der Waals surface area contributed by atoms with Crippen molar-refractivity contribution in [3.8, 4) is 0 Å². The second-order valence-corrected chi connectivity index (χ2v) is 1.96. The Kier molecular flexibility index (Phi) is 4.50. The van der Waals surface area contributed by atoms with E-state index in [0.717, 1.165) is 4.60 Å². The Labute approximate surface area is 72.8 Å². The van der Waals surface area contributed by atoms with E-state index in [9.17, 15) is 0 Å². The highest BCUT2D eigenvalue weighted by Gasteiger charge is 1.75. The van der Waals surface area contributed by atoms with Gasteiger partial charge in [0, 0.05) is 6.20 Å². The maximum atomic E-state index is 3.90. The van der Waals surface area contributed by atoms with Crippen molar-refractivity contribution in [1.82, 2.24) is 4.98 Å². The molecule has 0 aliphatic carbocycles. The number of nitrogens with zero attached hydrogens (tertiary/aromatic N) is 1. The average Bonchev–Trinajstić information content (AvgIpc) is 1.69. The van der Waals surface area contributed by atoms with Crippen LogP contribution >= 0.6 is 15.9 Å². The summed E-state index contributed by atoms with van der Waals surface area (Å²) >= 11 is 3.20. The summed E-state index contributed by atoms with van der Waals surface area (Å²) in [5.41, 5.74) is 0. The number of aromatic nitrogens is 1. The standard InChI is InChI=1S/C5H4BrN.Mg.2H/c6-5-3-1-2-4-7-5;;;/h1-4H;;;. The number of halogens is 1. The van der Waals surface area contributed by atoms with Gasteiger partial charge < -0.3 is 0 Å². The van der Waals surface area contributed by atoms with Gasteiger partial charge >= 0.3 is 23.1 Å². The Bertz CT molecular complexity index is 142. The smallest absolute Gasteiger partial charge is 0.249 e. The molecule has 1 aromatic rings. The molecule has 1 rings (SSSR count). The molecular weight excluding hydrogens is 178 g/mol. The first-order chi connectivity index (χ1) is 3.39. The first kappa shape index (κ1) is 8.40. The summed E-state index contributed by atoms with van der Waals surface area (Å²) in [6.07, 6.45) is 1.74. The molecule has 3 heteroatoms. The third kappa shape index (κ3) is 2.64. The van der Waals surface area contributed by atoms with E-state index in [1.165, 1.54) is 0 Å². The van der Waals surface area contributed by atoms with E-state index >= 15 is 0 Å². The lowest BCUT2D eigenvalue weighted by Crippen LogP contribution is -1.66. The van der Waals surface area contributed by atoms with E-state index in [0.29, 0.717) is 0 Å². The molecule has 0 saturated carbocycles. The fourth-order valence-corrected chi connectivity index (χ4v) is 0.613. The highest BCUT2D eigenvalue weighted by atomic mass is 79.9. The summed E-state index contributed by atoms with van der Waals surface area (Å²) in [6.45, 7) is 0. The van der Waals surface area contributed by atoms with Crippen molar-refractivity contribution >= 4 is 39.0 Å². The van der Waals surface area contributed by atoms with Gasteiger partial charge in [0.2, 0.25) is 0 Å². The number of hydrogen-bond acceptors (Lipinski definition) is 1. The quantitative estimate of drug-likeness (QED) is 0.432. The molecular formula is C5H6BrMgN. The van der Waals surface area contributed by atoms with E-state index in [2.05, 4.69) is 20.9 Å². The summed E-state index contributed by atoms with van der Waals surface area (Å²) in [5.74, 6) is 0. The predicted octanol–water partition coefficient (Wildman–Crippen LogP) is 0.928. The molecule has 40 valence electrons. The lowest BCUT2D eigenvalue weighted by Gasteiger charge is -1.80. The molecule has 1 aromatic heterocycles.